The number of amides is 2. The number of urea groups is 1. The van der Waals surface area contributed by atoms with Crippen LogP contribution in [-0.2, 0) is 14.3 Å². The molecule has 1 rings (SSSR count). The van der Waals surface area contributed by atoms with Crippen molar-refractivity contribution < 1.29 is 24.2 Å². The molecule has 1 fully saturated rings. The third-order valence-corrected chi connectivity index (χ3v) is 2.96. The minimum absolute atomic E-state index is 0.125. The minimum Gasteiger partial charge on any atom is -0.480 e. The van der Waals surface area contributed by atoms with E-state index in [1.807, 2.05) is 0 Å². The monoisotopic (exact) mass is 274 g/mol. The number of carbonyl (C=O) groups is 2. The maximum absolute atomic E-state index is 11.8. The first kappa shape index (κ1) is 15.7. The van der Waals surface area contributed by atoms with Gasteiger partial charge in [-0.1, -0.05) is 0 Å². The van der Waals surface area contributed by atoms with Gasteiger partial charge in [0, 0.05) is 32.7 Å². The van der Waals surface area contributed by atoms with Gasteiger partial charge in [-0.3, -0.25) is 0 Å². The van der Waals surface area contributed by atoms with Gasteiger partial charge in [0.25, 0.3) is 0 Å². The molecular weight excluding hydrogens is 252 g/mol. The molecular formula is C12H22N2O5. The maximum atomic E-state index is 11.8. The number of rotatable bonds is 7. The van der Waals surface area contributed by atoms with E-state index in [0.717, 1.165) is 19.4 Å². The lowest BCUT2D eigenvalue weighted by molar-refractivity contribution is -0.142. The summed E-state index contributed by atoms with van der Waals surface area (Å²) in [6, 6.07) is -0.125. The van der Waals surface area contributed by atoms with Gasteiger partial charge in [0.1, 0.15) is 6.61 Å². The molecule has 7 heteroatoms. The summed E-state index contributed by atoms with van der Waals surface area (Å²) in [6.07, 6.45) is 2.07. The third kappa shape index (κ3) is 6.40. The Morgan fingerprint density at radius 3 is 2.95 bits per heavy atom. The number of carbonyl (C=O) groups excluding carboxylic acids is 1. The van der Waals surface area contributed by atoms with Gasteiger partial charge in [-0.05, 0) is 12.8 Å². The summed E-state index contributed by atoms with van der Waals surface area (Å²) < 4.78 is 9.95. The largest absolute Gasteiger partial charge is 0.480 e. The highest BCUT2D eigenvalue weighted by atomic mass is 16.5. The lowest BCUT2D eigenvalue weighted by Gasteiger charge is -2.32. The Bertz CT molecular complexity index is 296. The Kier molecular flexibility index (Phi) is 7.20. The molecule has 0 bridgehead atoms. The topological polar surface area (TPSA) is 88.1 Å². The minimum atomic E-state index is -1.01. The first-order valence-corrected chi connectivity index (χ1v) is 6.44. The molecule has 0 spiro atoms. The number of likely N-dealkylation sites (tertiary alicyclic amines) is 1. The number of aliphatic carboxylic acids is 1. The standard InChI is InChI=1S/C12H22N2O5/c1-18-8-10-3-2-5-14(7-10)12(17)13-4-6-19-9-11(15)16/h10H,2-9H2,1H3,(H,13,17)(H,15,16). The van der Waals surface area contributed by atoms with Gasteiger partial charge in [0.05, 0.1) is 13.2 Å². The fourth-order valence-electron chi connectivity index (χ4n) is 2.12. The Labute approximate surface area is 112 Å². The van der Waals surface area contributed by atoms with Crippen LogP contribution in [0.25, 0.3) is 0 Å². The molecule has 2 amide bonds. The van der Waals surface area contributed by atoms with Crippen LogP contribution in [0, 0.1) is 5.92 Å². The maximum Gasteiger partial charge on any atom is 0.329 e. The quantitative estimate of drug-likeness (QED) is 0.645. The number of hydrogen-bond donors (Lipinski definition) is 2. The normalized spacial score (nSPS) is 19.2. The van der Waals surface area contributed by atoms with Crippen LogP contribution >= 0.6 is 0 Å². The van der Waals surface area contributed by atoms with Crippen molar-refractivity contribution in [2.75, 3.05) is 46.6 Å². The number of nitrogens with zero attached hydrogens (tertiary/aromatic N) is 1. The number of ether oxygens (including phenoxy) is 2. The van der Waals surface area contributed by atoms with E-state index in [4.69, 9.17) is 14.6 Å². The van der Waals surface area contributed by atoms with Gasteiger partial charge < -0.3 is 24.8 Å². The third-order valence-electron chi connectivity index (χ3n) is 2.96. The molecule has 1 saturated heterocycles. The van der Waals surface area contributed by atoms with Crippen LogP contribution in [0.1, 0.15) is 12.8 Å². The van der Waals surface area contributed by atoms with Gasteiger partial charge >= 0.3 is 12.0 Å². The lowest BCUT2D eigenvalue weighted by Crippen LogP contribution is -2.47. The zero-order valence-electron chi connectivity index (χ0n) is 11.3. The molecule has 1 aliphatic rings. The Hall–Kier alpha value is -1.34. The van der Waals surface area contributed by atoms with Crippen molar-refractivity contribution in [3.63, 3.8) is 0 Å². The van der Waals surface area contributed by atoms with E-state index in [9.17, 15) is 9.59 Å². The molecule has 110 valence electrons. The molecule has 7 nitrogen and oxygen atoms in total. The van der Waals surface area contributed by atoms with Crippen molar-refractivity contribution in [1.82, 2.24) is 10.2 Å². The van der Waals surface area contributed by atoms with Crippen molar-refractivity contribution >= 4 is 12.0 Å². The molecule has 19 heavy (non-hydrogen) atoms. The van der Waals surface area contributed by atoms with Crippen molar-refractivity contribution in [2.24, 2.45) is 5.92 Å². The van der Waals surface area contributed by atoms with Crippen LogP contribution in [0.15, 0.2) is 0 Å². The van der Waals surface area contributed by atoms with E-state index < -0.39 is 5.97 Å². The Morgan fingerprint density at radius 1 is 1.47 bits per heavy atom. The highest BCUT2D eigenvalue weighted by molar-refractivity contribution is 5.74. The smallest absolute Gasteiger partial charge is 0.329 e. The van der Waals surface area contributed by atoms with Crippen molar-refractivity contribution in [2.45, 2.75) is 12.8 Å². The van der Waals surface area contributed by atoms with Crippen LogP contribution in [0.5, 0.6) is 0 Å². The lowest BCUT2D eigenvalue weighted by atomic mass is 9.99. The van der Waals surface area contributed by atoms with E-state index in [0.29, 0.717) is 25.6 Å². The summed E-state index contributed by atoms with van der Waals surface area (Å²) in [7, 11) is 1.67. The van der Waals surface area contributed by atoms with E-state index in [1.165, 1.54) is 0 Å². The zero-order valence-corrected chi connectivity index (χ0v) is 11.3. The van der Waals surface area contributed by atoms with Crippen LogP contribution in [-0.4, -0.2) is 68.6 Å². The first-order valence-electron chi connectivity index (χ1n) is 6.44. The number of carboxylic acids is 1. The molecule has 0 saturated carbocycles. The second-order valence-electron chi connectivity index (χ2n) is 4.59. The van der Waals surface area contributed by atoms with Crippen LogP contribution in [0.3, 0.4) is 0 Å². The van der Waals surface area contributed by atoms with E-state index in [-0.39, 0.29) is 19.2 Å². The molecule has 1 unspecified atom stereocenters. The second-order valence-corrected chi connectivity index (χ2v) is 4.59. The van der Waals surface area contributed by atoms with Gasteiger partial charge in [0.15, 0.2) is 0 Å². The van der Waals surface area contributed by atoms with Gasteiger partial charge in [-0.25, -0.2) is 9.59 Å². The summed E-state index contributed by atoms with van der Waals surface area (Å²) in [5, 5.41) is 11.1. The number of carboxylic acid groups (broad SMARTS) is 1. The van der Waals surface area contributed by atoms with E-state index >= 15 is 0 Å². The average Bonchev–Trinajstić information content (AvgIpc) is 2.38. The van der Waals surface area contributed by atoms with Crippen LogP contribution < -0.4 is 5.32 Å². The predicted molar refractivity (Wildman–Crippen MR) is 68.0 cm³/mol. The highest BCUT2D eigenvalue weighted by Crippen LogP contribution is 2.16. The SMILES string of the molecule is COCC1CCCN(C(=O)NCCOCC(=O)O)C1. The molecule has 1 aliphatic heterocycles. The number of hydrogen-bond acceptors (Lipinski definition) is 4. The average molecular weight is 274 g/mol. The molecule has 1 atom stereocenters. The zero-order chi connectivity index (χ0) is 14.1. The van der Waals surface area contributed by atoms with Gasteiger partial charge in [0.2, 0.25) is 0 Å². The van der Waals surface area contributed by atoms with E-state index in [2.05, 4.69) is 5.32 Å². The second kappa shape index (κ2) is 8.71. The molecule has 0 radical (unpaired) electrons. The molecule has 1 heterocycles. The Morgan fingerprint density at radius 2 is 2.26 bits per heavy atom. The molecule has 0 aromatic heterocycles. The fraction of sp³-hybridized carbons (Fsp3) is 0.833. The summed E-state index contributed by atoms with van der Waals surface area (Å²) in [6.45, 7) is 2.31. The van der Waals surface area contributed by atoms with Crippen molar-refractivity contribution in [1.29, 1.82) is 0 Å². The summed E-state index contributed by atoms with van der Waals surface area (Å²) in [5.74, 6) is -0.613. The number of methoxy groups -OCH3 is 1. The summed E-state index contributed by atoms with van der Waals surface area (Å²) in [5.41, 5.74) is 0. The highest BCUT2D eigenvalue weighted by Gasteiger charge is 2.23. The van der Waals surface area contributed by atoms with Gasteiger partial charge in [-0.15, -0.1) is 0 Å². The number of piperidine rings is 1. The summed E-state index contributed by atoms with van der Waals surface area (Å²) >= 11 is 0. The summed E-state index contributed by atoms with van der Waals surface area (Å²) in [4.78, 5) is 23.8. The molecule has 0 aliphatic carbocycles. The van der Waals surface area contributed by atoms with Gasteiger partial charge in [-0.2, -0.15) is 0 Å². The molecule has 2 N–H and O–H groups in total. The predicted octanol–water partition coefficient (Wildman–Crippen LogP) is 0.156. The fourth-order valence-corrected chi connectivity index (χ4v) is 2.12. The van der Waals surface area contributed by atoms with Crippen molar-refractivity contribution in [3.8, 4) is 0 Å². The first-order chi connectivity index (χ1) is 9.13. The van der Waals surface area contributed by atoms with Crippen molar-refractivity contribution in [3.05, 3.63) is 0 Å². The molecule has 0 aromatic carbocycles. The van der Waals surface area contributed by atoms with E-state index in [1.54, 1.807) is 12.0 Å². The number of nitrogens with one attached hydrogen (secondary N) is 1. The van der Waals surface area contributed by atoms with Crippen LogP contribution in [0.4, 0.5) is 4.79 Å². The van der Waals surface area contributed by atoms with Crippen LogP contribution in [0.2, 0.25) is 0 Å². The Balaban J connectivity index is 2.16. The molecule has 0 aromatic rings.